The Morgan fingerprint density at radius 1 is 0.162 bits per heavy atom. The van der Waals surface area contributed by atoms with Crippen LogP contribution in [-0.4, -0.2) is 0 Å². The quantitative estimate of drug-likeness (QED) is 0.145. The van der Waals surface area contributed by atoms with Gasteiger partial charge in [-0.15, -0.1) is 0 Å². The van der Waals surface area contributed by atoms with Crippen LogP contribution in [0.1, 0.15) is 0 Å². The van der Waals surface area contributed by atoms with E-state index in [2.05, 4.69) is 69.6 Å². The minimum atomic E-state index is 0. The Balaban J connectivity index is 0.000000418. The maximum absolute atomic E-state index is 2.10. The summed E-state index contributed by atoms with van der Waals surface area (Å²) < 4.78 is 0. The smallest absolute Gasteiger partial charge is 0 e. The second-order valence-electron chi connectivity index (χ2n) is 6.15. The predicted molar refractivity (Wildman–Crippen MR) is 174 cm³/mol. The van der Waals surface area contributed by atoms with Crippen molar-refractivity contribution < 1.29 is 21.1 Å². The van der Waals surface area contributed by atoms with Crippen molar-refractivity contribution in [2.45, 2.75) is 0 Å². The van der Waals surface area contributed by atoms with Crippen LogP contribution in [0.5, 0.6) is 0 Å². The van der Waals surface area contributed by atoms with Gasteiger partial charge in [0.1, 0.15) is 0 Å². The molecule has 0 spiro atoms. The van der Waals surface area contributed by atoms with Gasteiger partial charge in [-0.05, 0) is 69.6 Å². The van der Waals surface area contributed by atoms with E-state index in [-0.39, 0.29) is 21.1 Å². The first-order chi connectivity index (χ1) is 18.0. The molecule has 6 aromatic heterocycles. The SMILES string of the molecule is [W].c1ccpcc1.c1ccpcc1.c1ccpcc1.c1ccpcc1.c1ccpcc1.c1ccpcc1. The molecule has 6 aromatic rings. The topological polar surface area (TPSA) is 0 Å². The Hall–Kier alpha value is -1.41. The van der Waals surface area contributed by atoms with E-state index in [0.29, 0.717) is 0 Å². The maximum atomic E-state index is 2.10. The van der Waals surface area contributed by atoms with Gasteiger partial charge < -0.3 is 0 Å². The Morgan fingerprint density at radius 3 is 0.297 bits per heavy atom. The van der Waals surface area contributed by atoms with Crippen molar-refractivity contribution >= 4 is 49.2 Å². The summed E-state index contributed by atoms with van der Waals surface area (Å²) in [6.45, 7) is 0. The zero-order chi connectivity index (χ0) is 25.5. The van der Waals surface area contributed by atoms with Crippen LogP contribution < -0.4 is 0 Å². The van der Waals surface area contributed by atoms with Crippen molar-refractivity contribution in [1.29, 1.82) is 0 Å². The van der Waals surface area contributed by atoms with Crippen LogP contribution >= 0.6 is 49.2 Å². The van der Waals surface area contributed by atoms with Gasteiger partial charge in [0.05, 0.1) is 0 Å². The first kappa shape index (κ1) is 35.6. The fourth-order valence-electron chi connectivity index (χ4n) is 1.88. The molecule has 0 nitrogen and oxygen atoms in total. The van der Waals surface area contributed by atoms with Gasteiger partial charge in [0, 0.05) is 21.1 Å². The van der Waals surface area contributed by atoms with Gasteiger partial charge in [-0.2, -0.15) is 0 Å². The third-order valence-electron chi connectivity index (χ3n) is 3.40. The Morgan fingerprint density at radius 2 is 0.270 bits per heavy atom. The zero-order valence-corrected chi connectivity index (χ0v) is 28.7. The van der Waals surface area contributed by atoms with Gasteiger partial charge in [-0.25, -0.2) is 0 Å². The minimum absolute atomic E-state index is 0. The molecular formula is C30H30P6W. The average molecular weight is 760 g/mol. The normalized spacial score (nSPS) is 7.78. The first-order valence-electron chi connectivity index (χ1n) is 11.1. The molecule has 0 saturated carbocycles. The van der Waals surface area contributed by atoms with Gasteiger partial charge in [0.25, 0.3) is 0 Å². The summed E-state index contributed by atoms with van der Waals surface area (Å²) in [5.74, 6) is 25.2. The molecule has 0 aromatic carbocycles. The molecule has 0 radical (unpaired) electrons. The van der Waals surface area contributed by atoms with Crippen molar-refractivity contribution in [3.8, 4) is 0 Å². The van der Waals surface area contributed by atoms with Crippen molar-refractivity contribution in [2.75, 3.05) is 0 Å². The summed E-state index contributed by atoms with van der Waals surface area (Å²) in [5.41, 5.74) is 0. The molecule has 0 N–H and O–H groups in total. The zero-order valence-electron chi connectivity index (χ0n) is 20.4. The van der Waals surface area contributed by atoms with E-state index in [1.54, 1.807) is 0 Å². The predicted octanol–water partition coefficient (Wildman–Crippen LogP) is 13.6. The van der Waals surface area contributed by atoms with Gasteiger partial charge in [0.2, 0.25) is 0 Å². The van der Waals surface area contributed by atoms with Crippen LogP contribution in [0.2, 0.25) is 0 Å². The first-order valence-corrected chi connectivity index (χ1v) is 17.3. The third kappa shape index (κ3) is 30.7. The molecule has 37 heavy (non-hydrogen) atoms. The third-order valence-corrected chi connectivity index (χ3v) is 7.53. The van der Waals surface area contributed by atoms with Crippen LogP contribution in [0, 0.1) is 0 Å². The molecular weight excluding hydrogens is 730 g/mol. The standard InChI is InChI=1S/6C5H5P.W/c6*1-2-4-6-5-3-1;/h6*1-5H;. The molecule has 186 valence electrons. The molecule has 0 atom stereocenters. The van der Waals surface area contributed by atoms with Gasteiger partial charge in [-0.1, -0.05) is 158 Å². The maximum Gasteiger partial charge on any atom is 0 e. The van der Waals surface area contributed by atoms with Crippen LogP contribution in [0.25, 0.3) is 0 Å². The molecule has 0 amide bonds. The second-order valence-corrected chi connectivity index (χ2v) is 11.5. The Kier molecular flexibility index (Phi) is 31.4. The second kappa shape index (κ2) is 32.6. The fraction of sp³-hybridized carbons (Fsp3) is 0. The molecule has 0 aliphatic carbocycles. The van der Waals surface area contributed by atoms with Crippen LogP contribution in [0.3, 0.4) is 0 Å². The summed E-state index contributed by atoms with van der Waals surface area (Å²) in [6.07, 6.45) is 0. The molecule has 0 saturated heterocycles. The summed E-state index contributed by atoms with van der Waals surface area (Å²) in [5, 5.41) is 0. The van der Waals surface area contributed by atoms with E-state index in [1.807, 2.05) is 109 Å². The molecule has 0 aliphatic rings. The molecule has 6 rings (SSSR count). The largest absolute Gasteiger partial charge is 0.0765 e. The number of rotatable bonds is 0. The number of hydrogen-bond donors (Lipinski definition) is 0. The van der Waals surface area contributed by atoms with E-state index in [9.17, 15) is 0 Å². The van der Waals surface area contributed by atoms with Crippen molar-refractivity contribution in [3.63, 3.8) is 0 Å². The van der Waals surface area contributed by atoms with Gasteiger partial charge in [0.15, 0.2) is 0 Å². The molecule has 0 unspecified atom stereocenters. The average Bonchev–Trinajstić information content (AvgIpc) is 3.04. The van der Waals surface area contributed by atoms with E-state index in [0.717, 1.165) is 0 Å². The molecule has 0 fully saturated rings. The Labute approximate surface area is 247 Å². The van der Waals surface area contributed by atoms with Crippen molar-refractivity contribution in [2.24, 2.45) is 0 Å². The van der Waals surface area contributed by atoms with Crippen molar-refractivity contribution in [1.82, 2.24) is 0 Å². The molecule has 0 aliphatic heterocycles. The molecule has 7 heteroatoms. The number of hydrogen-bond acceptors (Lipinski definition) is 0. The van der Waals surface area contributed by atoms with E-state index < -0.39 is 0 Å². The van der Waals surface area contributed by atoms with Gasteiger partial charge >= 0.3 is 0 Å². The summed E-state index contributed by atoms with van der Waals surface area (Å²) in [7, 11) is 7.84. The van der Waals surface area contributed by atoms with Crippen LogP contribution in [0.4, 0.5) is 0 Å². The minimum Gasteiger partial charge on any atom is -0.0765 e. The van der Waals surface area contributed by atoms with Gasteiger partial charge in [-0.3, -0.25) is 0 Å². The molecule has 6 heterocycles. The summed E-state index contributed by atoms with van der Waals surface area (Å²) >= 11 is 0. The van der Waals surface area contributed by atoms with Crippen LogP contribution in [-0.2, 0) is 21.1 Å². The summed E-state index contributed by atoms with van der Waals surface area (Å²) in [6, 6.07) is 36.7. The van der Waals surface area contributed by atoms with Crippen molar-refractivity contribution in [3.05, 3.63) is 179 Å². The molecule has 0 bridgehead atoms. The van der Waals surface area contributed by atoms with E-state index in [1.165, 1.54) is 49.2 Å². The van der Waals surface area contributed by atoms with E-state index in [4.69, 9.17) is 0 Å². The van der Waals surface area contributed by atoms with Crippen LogP contribution in [0.15, 0.2) is 179 Å². The Bertz CT molecular complexity index is 706. The summed E-state index contributed by atoms with van der Waals surface area (Å²) in [4.78, 5) is 0. The fourth-order valence-corrected chi connectivity index (χ4v) is 4.86. The van der Waals surface area contributed by atoms with E-state index >= 15 is 0 Å². The monoisotopic (exact) mass is 760 g/mol.